The highest BCUT2D eigenvalue weighted by Gasteiger charge is 2.24. The van der Waals surface area contributed by atoms with Crippen LogP contribution >= 0.6 is 0 Å². The van der Waals surface area contributed by atoms with Crippen molar-refractivity contribution in [2.24, 2.45) is 12.5 Å². The van der Waals surface area contributed by atoms with Crippen molar-refractivity contribution in [2.45, 2.75) is 31.7 Å². The van der Waals surface area contributed by atoms with Crippen molar-refractivity contribution in [3.8, 4) is 0 Å². The van der Waals surface area contributed by atoms with Crippen LogP contribution in [0.1, 0.15) is 26.7 Å². The summed E-state index contributed by atoms with van der Waals surface area (Å²) in [6, 6.07) is 9.28. The number of aromatic nitrogens is 1. The molecule has 5 nitrogen and oxygen atoms in total. The zero-order valence-corrected chi connectivity index (χ0v) is 14.2. The van der Waals surface area contributed by atoms with Crippen molar-refractivity contribution in [1.82, 2.24) is 9.29 Å². The number of fused-ring (bicyclic) bond motifs is 1. The number of nitrogens with one attached hydrogen (secondary N) is 1. The Balaban J connectivity index is 2.21. The van der Waals surface area contributed by atoms with Crippen LogP contribution in [0.2, 0.25) is 0 Å². The zero-order chi connectivity index (χ0) is 16.4. The molecule has 22 heavy (non-hydrogen) atoms. The number of rotatable bonds is 7. The molecule has 1 aromatic carbocycles. The lowest BCUT2D eigenvalue weighted by Crippen LogP contribution is -2.34. The maximum absolute atomic E-state index is 12.6. The molecule has 0 aliphatic rings. The van der Waals surface area contributed by atoms with Crippen molar-refractivity contribution in [2.75, 3.05) is 13.2 Å². The zero-order valence-electron chi connectivity index (χ0n) is 13.3. The van der Waals surface area contributed by atoms with E-state index in [2.05, 4.69) is 4.72 Å². The van der Waals surface area contributed by atoms with Gasteiger partial charge in [-0.3, -0.25) is 0 Å². The van der Waals surface area contributed by atoms with E-state index >= 15 is 0 Å². The molecule has 0 bridgehead atoms. The summed E-state index contributed by atoms with van der Waals surface area (Å²) in [5, 5.41) is 10.1. The third-order valence-electron chi connectivity index (χ3n) is 3.94. The first-order chi connectivity index (χ1) is 10.3. The van der Waals surface area contributed by atoms with Crippen LogP contribution in [-0.2, 0) is 17.1 Å². The Morgan fingerprint density at radius 2 is 1.95 bits per heavy atom. The predicted octanol–water partition coefficient (Wildman–Crippen LogP) is 2.26. The smallest absolute Gasteiger partial charge is 0.256 e. The maximum atomic E-state index is 12.6. The number of nitrogens with zero attached hydrogens (tertiary/aromatic N) is 1. The van der Waals surface area contributed by atoms with Gasteiger partial charge in [-0.1, -0.05) is 32.0 Å². The molecular formula is C16H24N2O3S. The lowest BCUT2D eigenvalue weighted by molar-refractivity contribution is 0.242. The molecule has 0 fully saturated rings. The van der Waals surface area contributed by atoms with Gasteiger partial charge in [0, 0.05) is 31.1 Å². The molecule has 0 radical (unpaired) electrons. The summed E-state index contributed by atoms with van der Waals surface area (Å²) in [5.41, 5.74) is 0.697. The van der Waals surface area contributed by atoms with Crippen LogP contribution in [0, 0.1) is 5.41 Å². The van der Waals surface area contributed by atoms with Crippen LogP contribution in [0.15, 0.2) is 35.4 Å². The molecule has 1 heterocycles. The molecule has 2 N–H and O–H groups in total. The number of aliphatic hydroxyl groups is 1. The van der Waals surface area contributed by atoms with Crippen LogP contribution < -0.4 is 4.72 Å². The van der Waals surface area contributed by atoms with Crippen LogP contribution in [0.4, 0.5) is 0 Å². The number of para-hydroxylation sites is 1. The normalized spacial score (nSPS) is 12.9. The fraction of sp³-hybridized carbons (Fsp3) is 0.500. The molecule has 0 unspecified atom stereocenters. The van der Waals surface area contributed by atoms with Gasteiger partial charge in [-0.2, -0.15) is 0 Å². The second-order valence-electron chi connectivity index (χ2n) is 6.42. The molecule has 6 heteroatoms. The van der Waals surface area contributed by atoms with E-state index < -0.39 is 10.0 Å². The Labute approximate surface area is 132 Å². The van der Waals surface area contributed by atoms with Crippen molar-refractivity contribution in [1.29, 1.82) is 0 Å². The Kier molecular flexibility index (Phi) is 4.94. The molecule has 1 aromatic heterocycles. The first-order valence-corrected chi connectivity index (χ1v) is 8.90. The molecule has 0 saturated carbocycles. The minimum atomic E-state index is -3.56. The van der Waals surface area contributed by atoms with E-state index in [1.165, 1.54) is 0 Å². The van der Waals surface area contributed by atoms with Gasteiger partial charge in [-0.05, 0) is 30.4 Å². The average Bonchev–Trinajstić information content (AvgIpc) is 2.82. The molecule has 0 spiro atoms. The van der Waals surface area contributed by atoms with Crippen molar-refractivity contribution in [3.05, 3.63) is 30.3 Å². The lowest BCUT2D eigenvalue weighted by atomic mass is 9.88. The quantitative estimate of drug-likeness (QED) is 0.820. The van der Waals surface area contributed by atoms with Gasteiger partial charge in [0.25, 0.3) is 10.0 Å². The van der Waals surface area contributed by atoms with E-state index in [4.69, 9.17) is 5.11 Å². The van der Waals surface area contributed by atoms with Crippen LogP contribution in [-0.4, -0.2) is 31.2 Å². The van der Waals surface area contributed by atoms with Crippen LogP contribution in [0.25, 0.3) is 10.9 Å². The van der Waals surface area contributed by atoms with Crippen LogP contribution in [0.3, 0.4) is 0 Å². The molecule has 122 valence electrons. The Bertz CT molecular complexity index is 748. The van der Waals surface area contributed by atoms with Gasteiger partial charge in [0.15, 0.2) is 5.03 Å². The van der Waals surface area contributed by atoms with Gasteiger partial charge in [0.1, 0.15) is 0 Å². The standard InChI is InChI=1S/C16H24N2O3S/c1-16(2,9-6-10-19)12-17-22(20,21)15-11-13-7-4-5-8-14(13)18(15)3/h4-5,7-8,11,17,19H,6,9-10,12H2,1-3H3. The Morgan fingerprint density at radius 1 is 1.27 bits per heavy atom. The highest BCUT2D eigenvalue weighted by atomic mass is 32.2. The molecule has 0 amide bonds. The average molecular weight is 324 g/mol. The van der Waals surface area contributed by atoms with Gasteiger partial charge in [0.2, 0.25) is 0 Å². The molecule has 0 aliphatic heterocycles. The van der Waals surface area contributed by atoms with Crippen LogP contribution in [0.5, 0.6) is 0 Å². The number of aliphatic hydroxyl groups excluding tert-OH is 1. The van der Waals surface area contributed by atoms with E-state index in [0.29, 0.717) is 13.0 Å². The van der Waals surface area contributed by atoms with E-state index in [-0.39, 0.29) is 17.0 Å². The third-order valence-corrected chi connectivity index (χ3v) is 5.40. The second kappa shape index (κ2) is 6.40. The van der Waals surface area contributed by atoms with E-state index in [9.17, 15) is 8.42 Å². The van der Waals surface area contributed by atoms with Crippen molar-refractivity contribution < 1.29 is 13.5 Å². The summed E-state index contributed by atoms with van der Waals surface area (Å²) in [5.74, 6) is 0. The lowest BCUT2D eigenvalue weighted by Gasteiger charge is -2.24. The highest BCUT2D eigenvalue weighted by Crippen LogP contribution is 2.24. The SMILES string of the molecule is Cn1c(S(=O)(=O)NCC(C)(C)CCCO)cc2ccccc21. The molecule has 0 atom stereocenters. The molecule has 2 rings (SSSR count). The molecule has 2 aromatic rings. The summed E-state index contributed by atoms with van der Waals surface area (Å²) in [4.78, 5) is 0. The summed E-state index contributed by atoms with van der Waals surface area (Å²) in [6.07, 6.45) is 1.43. The topological polar surface area (TPSA) is 71.3 Å². The number of hydrogen-bond donors (Lipinski definition) is 2. The first-order valence-electron chi connectivity index (χ1n) is 7.42. The monoisotopic (exact) mass is 324 g/mol. The number of aryl methyl sites for hydroxylation is 1. The third kappa shape index (κ3) is 3.69. The van der Waals surface area contributed by atoms with E-state index in [1.54, 1.807) is 17.7 Å². The highest BCUT2D eigenvalue weighted by molar-refractivity contribution is 7.89. The predicted molar refractivity (Wildman–Crippen MR) is 88.2 cm³/mol. The first kappa shape index (κ1) is 17.0. The maximum Gasteiger partial charge on any atom is 0.256 e. The fourth-order valence-corrected chi connectivity index (χ4v) is 4.00. The van der Waals surface area contributed by atoms with Gasteiger partial charge in [-0.15, -0.1) is 0 Å². The van der Waals surface area contributed by atoms with E-state index in [1.807, 2.05) is 38.1 Å². The van der Waals surface area contributed by atoms with Gasteiger partial charge >= 0.3 is 0 Å². The minimum Gasteiger partial charge on any atom is -0.396 e. The Hall–Kier alpha value is -1.37. The molecule has 0 aliphatic carbocycles. The van der Waals surface area contributed by atoms with E-state index in [0.717, 1.165) is 17.3 Å². The van der Waals surface area contributed by atoms with Crippen molar-refractivity contribution >= 4 is 20.9 Å². The Morgan fingerprint density at radius 3 is 2.59 bits per heavy atom. The summed E-state index contributed by atoms with van der Waals surface area (Å²) in [6.45, 7) is 4.45. The second-order valence-corrected chi connectivity index (χ2v) is 8.13. The van der Waals surface area contributed by atoms with Gasteiger partial charge < -0.3 is 9.67 Å². The summed E-state index contributed by atoms with van der Waals surface area (Å²) >= 11 is 0. The largest absolute Gasteiger partial charge is 0.396 e. The van der Waals surface area contributed by atoms with Gasteiger partial charge in [-0.25, -0.2) is 13.1 Å². The van der Waals surface area contributed by atoms with Gasteiger partial charge in [0.05, 0.1) is 0 Å². The molecular weight excluding hydrogens is 300 g/mol. The number of hydrogen-bond acceptors (Lipinski definition) is 3. The number of sulfonamides is 1. The molecule has 0 saturated heterocycles. The minimum absolute atomic E-state index is 0.124. The number of benzene rings is 1. The fourth-order valence-electron chi connectivity index (χ4n) is 2.53. The van der Waals surface area contributed by atoms with Crippen molar-refractivity contribution in [3.63, 3.8) is 0 Å². The summed E-state index contributed by atoms with van der Waals surface area (Å²) in [7, 11) is -1.80. The summed E-state index contributed by atoms with van der Waals surface area (Å²) < 4.78 is 29.5.